The average molecular weight is 299 g/mol. The van der Waals surface area contributed by atoms with Gasteiger partial charge in [-0.2, -0.15) is 0 Å². The Kier molecular flexibility index (Phi) is 4.29. The predicted molar refractivity (Wildman–Crippen MR) is 86.1 cm³/mol. The van der Waals surface area contributed by atoms with Crippen LogP contribution in [-0.4, -0.2) is 36.2 Å². The topological polar surface area (TPSA) is 49.8 Å². The van der Waals surface area contributed by atoms with Crippen molar-refractivity contribution in [3.05, 3.63) is 42.0 Å². The van der Waals surface area contributed by atoms with Gasteiger partial charge in [0.2, 0.25) is 0 Å². The molecule has 22 heavy (non-hydrogen) atoms. The number of benzene rings is 2. The lowest BCUT2D eigenvalue weighted by molar-refractivity contribution is -0.138. The molecule has 0 aromatic heterocycles. The number of carboxylic acid groups (broad SMARTS) is 1. The lowest BCUT2D eigenvalue weighted by Gasteiger charge is -2.19. The van der Waals surface area contributed by atoms with Gasteiger partial charge >= 0.3 is 5.97 Å². The van der Waals surface area contributed by atoms with E-state index in [4.69, 9.17) is 9.84 Å². The summed E-state index contributed by atoms with van der Waals surface area (Å²) in [6.07, 6.45) is 1.22. The van der Waals surface area contributed by atoms with Crippen LogP contribution in [0.1, 0.15) is 18.4 Å². The first kappa shape index (κ1) is 14.9. The van der Waals surface area contributed by atoms with Gasteiger partial charge in [-0.25, -0.2) is 0 Å². The standard InChI is InChI=1S/C18H21NO3/c1-22-17-7-6-14-4-2-3-5-15(14)16(17)12-19-9-8-13(11-19)10-18(20)21/h2-7,13H,8-12H2,1H3,(H,20,21). The SMILES string of the molecule is COc1ccc2ccccc2c1CN1CCC(CC(=O)O)C1. The highest BCUT2D eigenvalue weighted by atomic mass is 16.5. The molecule has 0 radical (unpaired) electrons. The maximum atomic E-state index is 10.9. The summed E-state index contributed by atoms with van der Waals surface area (Å²) in [6.45, 7) is 2.60. The van der Waals surface area contributed by atoms with Crippen LogP contribution in [-0.2, 0) is 11.3 Å². The number of fused-ring (bicyclic) bond motifs is 1. The molecule has 0 saturated carbocycles. The molecule has 0 amide bonds. The van der Waals surface area contributed by atoms with E-state index in [2.05, 4.69) is 23.1 Å². The summed E-state index contributed by atoms with van der Waals surface area (Å²) in [5, 5.41) is 11.4. The molecular formula is C18H21NO3. The quantitative estimate of drug-likeness (QED) is 0.921. The Morgan fingerprint density at radius 2 is 2.14 bits per heavy atom. The van der Waals surface area contributed by atoms with Crippen LogP contribution in [0.3, 0.4) is 0 Å². The van der Waals surface area contributed by atoms with Crippen molar-refractivity contribution in [2.75, 3.05) is 20.2 Å². The summed E-state index contributed by atoms with van der Waals surface area (Å²) >= 11 is 0. The Morgan fingerprint density at radius 1 is 1.32 bits per heavy atom. The Labute approximate surface area is 130 Å². The summed E-state index contributed by atoms with van der Waals surface area (Å²) in [5.74, 6) is 0.466. The van der Waals surface area contributed by atoms with Crippen LogP contribution in [0, 0.1) is 5.92 Å². The molecule has 2 aromatic rings. The van der Waals surface area contributed by atoms with Crippen LogP contribution in [0.4, 0.5) is 0 Å². The second-order valence-electron chi connectivity index (χ2n) is 5.96. The molecule has 1 saturated heterocycles. The molecule has 2 aromatic carbocycles. The van der Waals surface area contributed by atoms with Crippen LogP contribution in [0.15, 0.2) is 36.4 Å². The lowest BCUT2D eigenvalue weighted by Crippen LogP contribution is -2.21. The molecule has 0 bridgehead atoms. The summed E-state index contributed by atoms with van der Waals surface area (Å²) < 4.78 is 5.53. The zero-order valence-corrected chi connectivity index (χ0v) is 12.8. The predicted octanol–water partition coefficient (Wildman–Crippen LogP) is 3.15. The second kappa shape index (κ2) is 6.36. The van der Waals surface area contributed by atoms with Gasteiger partial charge in [0.1, 0.15) is 5.75 Å². The molecule has 1 fully saturated rings. The molecule has 1 aliphatic rings. The van der Waals surface area contributed by atoms with Crippen molar-refractivity contribution >= 4 is 16.7 Å². The number of carboxylic acids is 1. The van der Waals surface area contributed by atoms with E-state index in [0.29, 0.717) is 0 Å². The average Bonchev–Trinajstić information content (AvgIpc) is 2.94. The lowest BCUT2D eigenvalue weighted by atomic mass is 10.0. The third kappa shape index (κ3) is 3.07. The number of hydrogen-bond acceptors (Lipinski definition) is 3. The minimum absolute atomic E-state index is 0.262. The molecule has 0 aliphatic carbocycles. The van der Waals surface area contributed by atoms with Gasteiger partial charge in [-0.1, -0.05) is 30.3 Å². The van der Waals surface area contributed by atoms with Crippen LogP contribution in [0.5, 0.6) is 5.75 Å². The monoisotopic (exact) mass is 299 g/mol. The largest absolute Gasteiger partial charge is 0.496 e. The Bertz CT molecular complexity index is 683. The van der Waals surface area contributed by atoms with E-state index in [9.17, 15) is 4.79 Å². The van der Waals surface area contributed by atoms with Crippen molar-refractivity contribution in [3.8, 4) is 5.75 Å². The molecule has 1 N–H and O–H groups in total. The van der Waals surface area contributed by atoms with E-state index < -0.39 is 5.97 Å². The highest BCUT2D eigenvalue weighted by Gasteiger charge is 2.25. The summed E-state index contributed by atoms with van der Waals surface area (Å²) in [5.41, 5.74) is 1.19. The zero-order chi connectivity index (χ0) is 15.5. The molecule has 1 heterocycles. The minimum atomic E-state index is -0.699. The number of aliphatic carboxylic acids is 1. The normalized spacial score (nSPS) is 18.7. The molecule has 4 heteroatoms. The Balaban J connectivity index is 1.83. The molecule has 116 valence electrons. The second-order valence-corrected chi connectivity index (χ2v) is 5.96. The summed E-state index contributed by atoms with van der Waals surface area (Å²) in [6, 6.07) is 12.4. The molecule has 0 spiro atoms. The fourth-order valence-corrected chi connectivity index (χ4v) is 3.36. The van der Waals surface area contributed by atoms with E-state index in [0.717, 1.165) is 31.8 Å². The Hall–Kier alpha value is -2.07. The number of likely N-dealkylation sites (tertiary alicyclic amines) is 1. The summed E-state index contributed by atoms with van der Waals surface area (Å²) in [4.78, 5) is 13.2. The van der Waals surface area contributed by atoms with Crippen molar-refractivity contribution in [2.24, 2.45) is 5.92 Å². The first-order valence-electron chi connectivity index (χ1n) is 7.66. The van der Waals surface area contributed by atoms with E-state index in [1.807, 2.05) is 18.2 Å². The number of nitrogens with zero attached hydrogens (tertiary/aromatic N) is 1. The molecule has 1 unspecified atom stereocenters. The van der Waals surface area contributed by atoms with Gasteiger partial charge in [0.05, 0.1) is 7.11 Å². The van der Waals surface area contributed by atoms with Gasteiger partial charge in [0, 0.05) is 25.1 Å². The van der Waals surface area contributed by atoms with Gasteiger partial charge in [-0.15, -0.1) is 0 Å². The molecule has 1 aliphatic heterocycles. The minimum Gasteiger partial charge on any atom is -0.496 e. The van der Waals surface area contributed by atoms with Crippen LogP contribution in [0.25, 0.3) is 10.8 Å². The molecule has 4 nitrogen and oxygen atoms in total. The van der Waals surface area contributed by atoms with Crippen molar-refractivity contribution in [1.29, 1.82) is 0 Å². The number of ether oxygens (including phenoxy) is 1. The van der Waals surface area contributed by atoms with Gasteiger partial charge in [0.15, 0.2) is 0 Å². The van der Waals surface area contributed by atoms with Crippen LogP contribution < -0.4 is 4.74 Å². The van der Waals surface area contributed by atoms with E-state index >= 15 is 0 Å². The fraction of sp³-hybridized carbons (Fsp3) is 0.389. The van der Waals surface area contributed by atoms with Crippen molar-refractivity contribution in [3.63, 3.8) is 0 Å². The van der Waals surface area contributed by atoms with Gasteiger partial charge < -0.3 is 9.84 Å². The molecule has 3 rings (SSSR count). The van der Waals surface area contributed by atoms with Crippen molar-refractivity contribution in [1.82, 2.24) is 4.90 Å². The Morgan fingerprint density at radius 3 is 2.91 bits per heavy atom. The smallest absolute Gasteiger partial charge is 0.303 e. The highest BCUT2D eigenvalue weighted by molar-refractivity contribution is 5.87. The van der Waals surface area contributed by atoms with E-state index in [-0.39, 0.29) is 12.3 Å². The maximum absolute atomic E-state index is 10.9. The zero-order valence-electron chi connectivity index (χ0n) is 12.8. The third-order valence-electron chi connectivity index (χ3n) is 4.43. The number of carbonyl (C=O) groups is 1. The molecular weight excluding hydrogens is 278 g/mol. The first-order chi connectivity index (χ1) is 10.7. The summed E-state index contributed by atoms with van der Waals surface area (Å²) in [7, 11) is 1.70. The number of rotatable bonds is 5. The maximum Gasteiger partial charge on any atom is 0.303 e. The van der Waals surface area contributed by atoms with Crippen LogP contribution in [0.2, 0.25) is 0 Å². The van der Waals surface area contributed by atoms with Gasteiger partial charge in [-0.05, 0) is 35.7 Å². The third-order valence-corrected chi connectivity index (χ3v) is 4.43. The van der Waals surface area contributed by atoms with Crippen molar-refractivity contribution < 1.29 is 14.6 Å². The van der Waals surface area contributed by atoms with E-state index in [1.165, 1.54) is 16.3 Å². The van der Waals surface area contributed by atoms with Crippen LogP contribution >= 0.6 is 0 Å². The number of hydrogen-bond donors (Lipinski definition) is 1. The first-order valence-corrected chi connectivity index (χ1v) is 7.66. The van der Waals surface area contributed by atoms with Crippen molar-refractivity contribution in [2.45, 2.75) is 19.4 Å². The highest BCUT2D eigenvalue weighted by Crippen LogP contribution is 2.31. The van der Waals surface area contributed by atoms with Gasteiger partial charge in [-0.3, -0.25) is 9.69 Å². The van der Waals surface area contributed by atoms with Gasteiger partial charge in [0.25, 0.3) is 0 Å². The molecule has 1 atom stereocenters. The fourth-order valence-electron chi connectivity index (χ4n) is 3.36. The number of methoxy groups -OCH3 is 1. The van der Waals surface area contributed by atoms with E-state index in [1.54, 1.807) is 7.11 Å².